The van der Waals surface area contributed by atoms with Crippen LogP contribution in [0.4, 0.5) is 0 Å². The molecule has 134 valence electrons. The van der Waals surface area contributed by atoms with Crippen molar-refractivity contribution in [1.82, 2.24) is 9.62 Å². The molecule has 1 aromatic carbocycles. The summed E-state index contributed by atoms with van der Waals surface area (Å²) >= 11 is 0. The summed E-state index contributed by atoms with van der Waals surface area (Å²) in [6, 6.07) is 8.96. The average Bonchev–Trinajstić information content (AvgIpc) is 2.60. The Labute approximate surface area is 144 Å². The van der Waals surface area contributed by atoms with Crippen LogP contribution < -0.4 is 4.72 Å². The molecule has 7 heteroatoms. The minimum atomic E-state index is -3.50. The molecule has 1 amide bonds. The summed E-state index contributed by atoms with van der Waals surface area (Å²) in [5, 5.41) is -0.591. The Kier molecular flexibility index (Phi) is 6.01. The lowest BCUT2D eigenvalue weighted by molar-refractivity contribution is 0.0275. The molecule has 0 bridgehead atoms. The van der Waals surface area contributed by atoms with Crippen LogP contribution in [0.2, 0.25) is 0 Å². The van der Waals surface area contributed by atoms with Gasteiger partial charge in [-0.3, -0.25) is 4.79 Å². The lowest BCUT2D eigenvalue weighted by Crippen LogP contribution is -2.50. The lowest BCUT2D eigenvalue weighted by atomic mass is 10.1. The summed E-state index contributed by atoms with van der Waals surface area (Å²) in [6.45, 7) is 4.65. The number of nitrogens with zero attached hydrogens (tertiary/aromatic N) is 1. The van der Waals surface area contributed by atoms with Crippen molar-refractivity contribution in [2.45, 2.75) is 37.5 Å². The molecular formula is C17H26N2O4S. The molecule has 24 heavy (non-hydrogen) atoms. The van der Waals surface area contributed by atoms with Crippen LogP contribution in [0.3, 0.4) is 0 Å². The molecule has 1 atom stereocenters. The fraction of sp³-hybridized carbons (Fsp3) is 0.588. The van der Waals surface area contributed by atoms with Gasteiger partial charge in [-0.25, -0.2) is 13.1 Å². The molecule has 1 fully saturated rings. The van der Waals surface area contributed by atoms with Crippen molar-refractivity contribution in [1.29, 1.82) is 0 Å². The van der Waals surface area contributed by atoms with E-state index in [1.165, 1.54) is 0 Å². The maximum Gasteiger partial charge on any atom is 0.253 e. The number of rotatable bonds is 6. The number of carbonyl (C=O) groups is 1. The van der Waals surface area contributed by atoms with E-state index in [0.29, 0.717) is 24.9 Å². The summed E-state index contributed by atoms with van der Waals surface area (Å²) < 4.78 is 33.0. The minimum Gasteiger partial charge on any atom is -0.377 e. The van der Waals surface area contributed by atoms with Crippen LogP contribution in [0.25, 0.3) is 0 Å². The second kappa shape index (κ2) is 7.63. The van der Waals surface area contributed by atoms with Crippen molar-refractivity contribution in [3.05, 3.63) is 35.9 Å². The van der Waals surface area contributed by atoms with Crippen molar-refractivity contribution in [2.75, 3.05) is 26.7 Å². The quantitative estimate of drug-likeness (QED) is 0.843. The highest BCUT2D eigenvalue weighted by molar-refractivity contribution is 7.90. The second-order valence-electron chi connectivity index (χ2n) is 6.71. The topological polar surface area (TPSA) is 75.7 Å². The predicted molar refractivity (Wildman–Crippen MR) is 93.4 cm³/mol. The van der Waals surface area contributed by atoms with Gasteiger partial charge in [0.05, 0.1) is 10.9 Å². The van der Waals surface area contributed by atoms with E-state index in [2.05, 4.69) is 4.72 Å². The number of ether oxygens (including phenoxy) is 1. The predicted octanol–water partition coefficient (Wildman–Crippen LogP) is 1.64. The van der Waals surface area contributed by atoms with Crippen LogP contribution in [0.1, 0.15) is 37.0 Å². The molecule has 1 N–H and O–H groups in total. The van der Waals surface area contributed by atoms with Gasteiger partial charge in [-0.2, -0.15) is 0 Å². The zero-order valence-corrected chi connectivity index (χ0v) is 15.3. The summed E-state index contributed by atoms with van der Waals surface area (Å²) in [7, 11) is -1.95. The average molecular weight is 354 g/mol. The van der Waals surface area contributed by atoms with Gasteiger partial charge in [0, 0.05) is 32.3 Å². The standard InChI is InChI=1S/C17H26N2O4S/c1-17(2,23-3)13-18-24(21,22)15-10-7-11-19(12-15)16(20)14-8-5-4-6-9-14/h4-6,8-9,15,18H,7,10-13H2,1-3H3/t15-/m0/s1. The fourth-order valence-corrected chi connectivity index (χ4v) is 4.24. The third-order valence-electron chi connectivity index (χ3n) is 4.38. The molecule has 0 saturated carbocycles. The maximum atomic E-state index is 12.5. The Morgan fingerprint density at radius 3 is 2.62 bits per heavy atom. The van der Waals surface area contributed by atoms with Crippen LogP contribution in [-0.4, -0.2) is 56.8 Å². The Morgan fingerprint density at radius 1 is 1.33 bits per heavy atom. The number of hydrogen-bond donors (Lipinski definition) is 1. The van der Waals surface area contributed by atoms with E-state index in [0.717, 1.165) is 0 Å². The number of carbonyl (C=O) groups excluding carboxylic acids is 1. The highest BCUT2D eigenvalue weighted by Gasteiger charge is 2.33. The van der Waals surface area contributed by atoms with Crippen LogP contribution in [-0.2, 0) is 14.8 Å². The summed E-state index contributed by atoms with van der Waals surface area (Å²) in [5.41, 5.74) is 0.0189. The Balaban J connectivity index is 2.03. The van der Waals surface area contributed by atoms with Crippen LogP contribution in [0, 0.1) is 0 Å². The van der Waals surface area contributed by atoms with Crippen molar-refractivity contribution < 1.29 is 17.9 Å². The summed E-state index contributed by atoms with van der Waals surface area (Å²) in [5.74, 6) is -0.118. The highest BCUT2D eigenvalue weighted by Crippen LogP contribution is 2.19. The molecule has 1 aliphatic heterocycles. The number of hydrogen-bond acceptors (Lipinski definition) is 4. The van der Waals surface area contributed by atoms with Crippen LogP contribution in [0.15, 0.2) is 30.3 Å². The van der Waals surface area contributed by atoms with E-state index in [-0.39, 0.29) is 19.0 Å². The first-order valence-electron chi connectivity index (χ1n) is 8.13. The molecular weight excluding hydrogens is 328 g/mol. The highest BCUT2D eigenvalue weighted by atomic mass is 32.2. The molecule has 0 unspecified atom stereocenters. The van der Waals surface area contributed by atoms with Gasteiger partial charge in [0.15, 0.2) is 0 Å². The number of sulfonamides is 1. The fourth-order valence-electron chi connectivity index (χ4n) is 2.60. The van der Waals surface area contributed by atoms with E-state index < -0.39 is 20.9 Å². The van der Waals surface area contributed by atoms with Gasteiger partial charge in [-0.05, 0) is 38.8 Å². The number of methoxy groups -OCH3 is 1. The molecule has 0 spiro atoms. The van der Waals surface area contributed by atoms with Crippen molar-refractivity contribution in [3.8, 4) is 0 Å². The molecule has 1 aliphatic rings. The van der Waals surface area contributed by atoms with Gasteiger partial charge in [0.1, 0.15) is 0 Å². The van der Waals surface area contributed by atoms with Gasteiger partial charge in [-0.15, -0.1) is 0 Å². The SMILES string of the molecule is COC(C)(C)CNS(=O)(=O)[C@H]1CCCN(C(=O)c2ccccc2)C1. The number of piperidine rings is 1. The molecule has 6 nitrogen and oxygen atoms in total. The third-order valence-corrected chi connectivity index (χ3v) is 6.19. The van der Waals surface area contributed by atoms with Gasteiger partial charge in [0.25, 0.3) is 5.91 Å². The molecule has 1 heterocycles. The number of benzene rings is 1. The van der Waals surface area contributed by atoms with Gasteiger partial charge in [0.2, 0.25) is 10.0 Å². The monoisotopic (exact) mass is 354 g/mol. The van der Waals surface area contributed by atoms with E-state index >= 15 is 0 Å². The molecule has 0 radical (unpaired) electrons. The van der Waals surface area contributed by atoms with E-state index in [1.54, 1.807) is 36.3 Å². The molecule has 0 aromatic heterocycles. The van der Waals surface area contributed by atoms with Crippen molar-refractivity contribution >= 4 is 15.9 Å². The van der Waals surface area contributed by atoms with Crippen molar-refractivity contribution in [2.24, 2.45) is 0 Å². The second-order valence-corrected chi connectivity index (χ2v) is 8.76. The Bertz CT molecular complexity index is 658. The summed E-state index contributed by atoms with van der Waals surface area (Å²) in [4.78, 5) is 14.2. The van der Waals surface area contributed by atoms with Crippen molar-refractivity contribution in [3.63, 3.8) is 0 Å². The Morgan fingerprint density at radius 2 is 2.00 bits per heavy atom. The van der Waals surface area contributed by atoms with Crippen LogP contribution >= 0.6 is 0 Å². The smallest absolute Gasteiger partial charge is 0.253 e. The number of amides is 1. The zero-order valence-electron chi connectivity index (χ0n) is 14.5. The first-order valence-corrected chi connectivity index (χ1v) is 9.68. The van der Waals surface area contributed by atoms with E-state index in [1.807, 2.05) is 19.9 Å². The Hall–Kier alpha value is -1.44. The molecule has 1 aromatic rings. The zero-order chi connectivity index (χ0) is 17.8. The van der Waals surface area contributed by atoms with Crippen LogP contribution in [0.5, 0.6) is 0 Å². The first-order chi connectivity index (χ1) is 11.2. The molecule has 2 rings (SSSR count). The van der Waals surface area contributed by atoms with Gasteiger partial charge >= 0.3 is 0 Å². The first kappa shape index (κ1) is 18.9. The van der Waals surface area contributed by atoms with E-state index in [4.69, 9.17) is 4.74 Å². The van der Waals surface area contributed by atoms with Gasteiger partial charge < -0.3 is 9.64 Å². The molecule has 0 aliphatic carbocycles. The third kappa shape index (κ3) is 4.78. The largest absolute Gasteiger partial charge is 0.377 e. The lowest BCUT2D eigenvalue weighted by Gasteiger charge is -2.33. The minimum absolute atomic E-state index is 0.118. The van der Waals surface area contributed by atoms with E-state index in [9.17, 15) is 13.2 Å². The normalized spacial score (nSPS) is 19.3. The van der Waals surface area contributed by atoms with Gasteiger partial charge in [-0.1, -0.05) is 18.2 Å². The maximum absolute atomic E-state index is 12.5. The number of likely N-dealkylation sites (tertiary alicyclic amines) is 1. The number of nitrogens with one attached hydrogen (secondary N) is 1. The summed E-state index contributed by atoms with van der Waals surface area (Å²) in [6.07, 6.45) is 1.24. The molecule has 1 saturated heterocycles.